The van der Waals surface area contributed by atoms with Crippen LogP contribution in [-0.4, -0.2) is 9.97 Å². The van der Waals surface area contributed by atoms with Gasteiger partial charge < -0.3 is 14.4 Å². The molecule has 7 aromatic rings. The van der Waals surface area contributed by atoms with Gasteiger partial charge in [0, 0.05) is 37.9 Å². The second-order valence-corrected chi connectivity index (χ2v) is 11.6. The molecule has 0 spiro atoms. The van der Waals surface area contributed by atoms with Crippen LogP contribution in [0, 0.1) is 23.4 Å². The van der Waals surface area contributed by atoms with E-state index in [9.17, 15) is 4.39 Å². The van der Waals surface area contributed by atoms with Crippen molar-refractivity contribution < 1.29 is 28.9 Å². The Morgan fingerprint density at radius 2 is 1.45 bits per heavy atom. The van der Waals surface area contributed by atoms with E-state index < -0.39 is 0 Å². The summed E-state index contributed by atoms with van der Waals surface area (Å²) in [7, 11) is 0. The van der Waals surface area contributed by atoms with Crippen molar-refractivity contribution in [3.63, 3.8) is 0 Å². The minimum atomic E-state index is -0.300. The maximum atomic E-state index is 14.7. The molecular weight excluding hydrogens is 724 g/mol. The van der Waals surface area contributed by atoms with E-state index in [1.807, 2.05) is 91.1 Å². The monoisotopic (exact) mass is 755 g/mol. The predicted molar refractivity (Wildman–Crippen MR) is 173 cm³/mol. The summed E-state index contributed by atoms with van der Waals surface area (Å²) < 4.78 is 20.9. The minimum Gasteiger partial charge on any atom is -0.500 e. The molecule has 0 aliphatic heterocycles. The molecule has 0 N–H and O–H groups in total. The van der Waals surface area contributed by atoms with Crippen LogP contribution in [0.15, 0.2) is 126 Å². The van der Waals surface area contributed by atoms with Gasteiger partial charge in [-0.3, -0.25) is 0 Å². The average Bonchev–Trinajstić information content (AvgIpc) is 3.40. The SMILES string of the molecule is CC(C)(C)Cc1ccnc(-c2[c-]cccc2)c1.Fc1ccc2c(oc3c(-c4ccccn4)[c-]ccc32)c1-c1ccccc1.[Ir]. The first kappa shape index (κ1) is 31.0. The first-order chi connectivity index (χ1) is 20.9. The number of hydrogen-bond donors (Lipinski definition) is 0. The van der Waals surface area contributed by atoms with E-state index in [1.54, 1.807) is 12.3 Å². The summed E-state index contributed by atoms with van der Waals surface area (Å²) in [6.07, 6.45) is 4.69. The van der Waals surface area contributed by atoms with E-state index in [2.05, 4.69) is 55.0 Å². The fraction of sp³-hybridized carbons (Fsp3) is 0.128. The van der Waals surface area contributed by atoms with Gasteiger partial charge in [-0.1, -0.05) is 85.8 Å². The third-order valence-corrected chi connectivity index (χ3v) is 7.08. The topological polar surface area (TPSA) is 38.9 Å². The van der Waals surface area contributed by atoms with Gasteiger partial charge in [0.05, 0.1) is 11.1 Å². The van der Waals surface area contributed by atoms with Crippen LogP contribution in [-0.2, 0) is 26.5 Å². The van der Waals surface area contributed by atoms with Gasteiger partial charge in [-0.25, -0.2) is 4.39 Å². The Morgan fingerprint density at radius 3 is 2.18 bits per heavy atom. The van der Waals surface area contributed by atoms with E-state index in [0.717, 1.165) is 45.3 Å². The molecule has 5 heteroatoms. The average molecular weight is 755 g/mol. The Morgan fingerprint density at radius 1 is 0.705 bits per heavy atom. The molecule has 3 heterocycles. The van der Waals surface area contributed by atoms with Gasteiger partial charge in [-0.2, -0.15) is 0 Å². The van der Waals surface area contributed by atoms with Crippen LogP contribution < -0.4 is 0 Å². The fourth-order valence-corrected chi connectivity index (χ4v) is 5.25. The first-order valence-electron chi connectivity index (χ1n) is 14.3. The number of nitrogens with zero attached hydrogens (tertiary/aromatic N) is 2. The second kappa shape index (κ2) is 13.5. The van der Waals surface area contributed by atoms with E-state index in [1.165, 1.54) is 11.6 Å². The molecule has 0 amide bonds. The normalized spacial score (nSPS) is 11.1. The van der Waals surface area contributed by atoms with Crippen molar-refractivity contribution in [1.82, 2.24) is 9.97 Å². The first-order valence-corrected chi connectivity index (χ1v) is 14.3. The van der Waals surface area contributed by atoms with Crippen molar-refractivity contribution in [2.75, 3.05) is 0 Å². The molecule has 0 saturated carbocycles. The summed E-state index contributed by atoms with van der Waals surface area (Å²) in [6.45, 7) is 6.76. The molecule has 3 aromatic heterocycles. The molecular formula is C39H31FIrN2O-2. The van der Waals surface area contributed by atoms with Crippen LogP contribution in [0.5, 0.6) is 0 Å². The molecule has 7 rings (SSSR count). The summed E-state index contributed by atoms with van der Waals surface area (Å²) in [4.78, 5) is 8.81. The Labute approximate surface area is 271 Å². The summed E-state index contributed by atoms with van der Waals surface area (Å²) in [5.41, 5.74) is 7.74. The van der Waals surface area contributed by atoms with E-state index in [0.29, 0.717) is 22.1 Å². The van der Waals surface area contributed by atoms with Gasteiger partial charge in [-0.15, -0.1) is 54.1 Å². The number of rotatable bonds is 4. The Balaban J connectivity index is 0.000000187. The minimum absolute atomic E-state index is 0. The van der Waals surface area contributed by atoms with Crippen molar-refractivity contribution in [2.45, 2.75) is 27.2 Å². The summed E-state index contributed by atoms with van der Waals surface area (Å²) >= 11 is 0. The van der Waals surface area contributed by atoms with Crippen LogP contribution >= 0.6 is 0 Å². The van der Waals surface area contributed by atoms with Crippen molar-refractivity contribution in [2.24, 2.45) is 5.41 Å². The van der Waals surface area contributed by atoms with Gasteiger partial charge in [0.1, 0.15) is 11.4 Å². The number of hydrogen-bond acceptors (Lipinski definition) is 3. The van der Waals surface area contributed by atoms with E-state index in [4.69, 9.17) is 4.42 Å². The zero-order valence-corrected chi connectivity index (χ0v) is 27.2. The molecule has 0 atom stereocenters. The van der Waals surface area contributed by atoms with Crippen molar-refractivity contribution in [3.8, 4) is 33.6 Å². The number of halogens is 1. The molecule has 44 heavy (non-hydrogen) atoms. The number of furan rings is 1. The summed E-state index contributed by atoms with van der Waals surface area (Å²) in [5, 5.41) is 1.81. The number of fused-ring (bicyclic) bond motifs is 3. The smallest absolute Gasteiger partial charge is 0.134 e. The zero-order chi connectivity index (χ0) is 29.8. The molecule has 1 radical (unpaired) electrons. The third kappa shape index (κ3) is 6.86. The number of benzene rings is 4. The Bertz CT molecular complexity index is 1980. The zero-order valence-electron chi connectivity index (χ0n) is 24.8. The molecule has 221 valence electrons. The Hall–Kier alpha value is -4.44. The predicted octanol–water partition coefficient (Wildman–Crippen LogP) is 10.4. The maximum Gasteiger partial charge on any atom is 0.134 e. The van der Waals surface area contributed by atoms with Gasteiger partial charge in [-0.05, 0) is 53.1 Å². The standard InChI is InChI=1S/C23H13FNO.C16H18N.Ir/c24-19-13-12-17-16-9-6-10-18(20-11-4-5-14-25-20)22(16)26-23(17)21(19)15-7-2-1-3-8-15;1-16(2,3)12-13-9-10-17-15(11-13)14-7-5-4-6-8-14;/h1-9,11-14H;4-7,9-11H,12H2,1-3H3;/q2*-1;. The molecule has 0 unspecified atom stereocenters. The van der Waals surface area contributed by atoms with Gasteiger partial charge in [0.25, 0.3) is 0 Å². The van der Waals surface area contributed by atoms with Gasteiger partial charge >= 0.3 is 0 Å². The second-order valence-electron chi connectivity index (χ2n) is 11.6. The molecule has 0 aliphatic rings. The van der Waals surface area contributed by atoms with Crippen LogP contribution in [0.1, 0.15) is 26.3 Å². The van der Waals surface area contributed by atoms with E-state index >= 15 is 0 Å². The van der Waals surface area contributed by atoms with Crippen molar-refractivity contribution >= 4 is 21.9 Å². The van der Waals surface area contributed by atoms with Crippen molar-refractivity contribution in [1.29, 1.82) is 0 Å². The van der Waals surface area contributed by atoms with E-state index in [-0.39, 0.29) is 25.9 Å². The molecule has 0 fully saturated rings. The maximum absolute atomic E-state index is 14.7. The third-order valence-electron chi connectivity index (χ3n) is 7.08. The number of pyridine rings is 2. The molecule has 3 nitrogen and oxygen atoms in total. The molecule has 4 aromatic carbocycles. The summed E-state index contributed by atoms with van der Waals surface area (Å²) in [6, 6.07) is 40.9. The quantitative estimate of drug-likeness (QED) is 0.168. The molecule has 0 bridgehead atoms. The van der Waals surface area contributed by atoms with Crippen molar-refractivity contribution in [3.05, 3.63) is 145 Å². The fourth-order valence-electron chi connectivity index (χ4n) is 5.25. The molecule has 0 saturated heterocycles. The van der Waals surface area contributed by atoms with Crippen LogP contribution in [0.2, 0.25) is 0 Å². The largest absolute Gasteiger partial charge is 0.500 e. The number of aromatic nitrogens is 2. The van der Waals surface area contributed by atoms with Crippen LogP contribution in [0.4, 0.5) is 4.39 Å². The summed E-state index contributed by atoms with van der Waals surface area (Å²) in [5.74, 6) is -0.300. The van der Waals surface area contributed by atoms with Gasteiger partial charge in [0.2, 0.25) is 0 Å². The van der Waals surface area contributed by atoms with Crippen LogP contribution in [0.25, 0.3) is 55.6 Å². The molecule has 0 aliphatic carbocycles. The van der Waals surface area contributed by atoms with Crippen LogP contribution in [0.3, 0.4) is 0 Å². The Kier molecular flexibility index (Phi) is 9.49. The van der Waals surface area contributed by atoms with Gasteiger partial charge in [0.15, 0.2) is 0 Å².